The quantitative estimate of drug-likeness (QED) is 0.519. The summed E-state index contributed by atoms with van der Waals surface area (Å²) in [6.07, 6.45) is 18.6. The fourth-order valence-electron chi connectivity index (χ4n) is 6.73. The summed E-state index contributed by atoms with van der Waals surface area (Å²) in [6.45, 7) is 4.07. The molecule has 2 atom stereocenters. The Balaban J connectivity index is 1.79. The van der Waals surface area contributed by atoms with Crippen molar-refractivity contribution in [3.63, 3.8) is 0 Å². The van der Waals surface area contributed by atoms with Crippen LogP contribution in [0.5, 0.6) is 0 Å². The van der Waals surface area contributed by atoms with E-state index in [2.05, 4.69) is 24.3 Å². The molecule has 0 radical (unpaired) electrons. The van der Waals surface area contributed by atoms with Gasteiger partial charge in [0, 0.05) is 0 Å². The normalized spacial score (nSPS) is 40.7. The Bertz CT molecular complexity index is 434. The molecule has 0 aromatic carbocycles. The van der Waals surface area contributed by atoms with E-state index in [-0.39, 0.29) is 12.2 Å². The van der Waals surface area contributed by atoms with Gasteiger partial charge in [-0.05, 0) is 87.9 Å². The fourth-order valence-corrected chi connectivity index (χ4v) is 6.73. The molecule has 0 aliphatic heterocycles. The van der Waals surface area contributed by atoms with Gasteiger partial charge in [-0.1, -0.05) is 24.3 Å². The highest BCUT2D eigenvalue weighted by atomic mass is 16.6. The van der Waals surface area contributed by atoms with Gasteiger partial charge in [0.1, 0.15) is 0 Å². The number of nitrogens with two attached hydrogens (primary N) is 2. The monoisotopic (exact) mass is 334 g/mol. The van der Waals surface area contributed by atoms with E-state index in [0.717, 1.165) is 24.7 Å². The first-order valence-corrected chi connectivity index (χ1v) is 9.53. The lowest BCUT2D eigenvalue weighted by atomic mass is 9.42. The lowest BCUT2D eigenvalue weighted by Crippen LogP contribution is -2.53. The fraction of sp³-hybridized carbons (Fsp3) is 0.800. The highest BCUT2D eigenvalue weighted by Gasteiger charge is 2.58. The van der Waals surface area contributed by atoms with Crippen LogP contribution in [0.1, 0.15) is 65.2 Å². The van der Waals surface area contributed by atoms with Gasteiger partial charge in [-0.15, -0.1) is 0 Å². The molecule has 136 valence electrons. The Morgan fingerprint density at radius 1 is 0.875 bits per heavy atom. The zero-order chi connectivity index (χ0) is 17.2. The molecule has 0 saturated heterocycles. The van der Waals surface area contributed by atoms with Crippen LogP contribution in [0.3, 0.4) is 0 Å². The molecule has 0 amide bonds. The highest BCUT2D eigenvalue weighted by Crippen LogP contribution is 2.68. The van der Waals surface area contributed by atoms with Gasteiger partial charge in [0.2, 0.25) is 0 Å². The van der Waals surface area contributed by atoms with Crippen molar-refractivity contribution < 1.29 is 9.68 Å². The molecule has 0 aromatic heterocycles. The topological polar surface area (TPSA) is 70.5 Å². The molecule has 4 aliphatic rings. The third-order valence-corrected chi connectivity index (χ3v) is 6.74. The largest absolute Gasteiger partial charge is 0.297 e. The Kier molecular flexibility index (Phi) is 5.50. The van der Waals surface area contributed by atoms with E-state index >= 15 is 0 Å². The third-order valence-electron chi connectivity index (χ3n) is 6.74. The van der Waals surface area contributed by atoms with Gasteiger partial charge in [0.15, 0.2) is 0 Å². The molecule has 4 heteroatoms. The van der Waals surface area contributed by atoms with E-state index in [1.54, 1.807) is 0 Å². The van der Waals surface area contributed by atoms with Gasteiger partial charge < -0.3 is 0 Å². The molecule has 4 saturated carbocycles. The number of allylic oxidation sites excluding steroid dienone is 2. The van der Waals surface area contributed by atoms with Crippen molar-refractivity contribution in [3.05, 3.63) is 24.3 Å². The Labute approximate surface area is 146 Å². The molecule has 4 bridgehead atoms. The molecule has 4 aliphatic carbocycles. The first-order valence-electron chi connectivity index (χ1n) is 9.53. The van der Waals surface area contributed by atoms with Crippen LogP contribution in [-0.4, -0.2) is 12.2 Å². The van der Waals surface area contributed by atoms with E-state index in [4.69, 9.17) is 21.5 Å². The van der Waals surface area contributed by atoms with Crippen LogP contribution in [0, 0.1) is 22.7 Å². The third kappa shape index (κ3) is 3.62. The predicted octanol–water partition coefficient (Wildman–Crippen LogP) is 4.02. The van der Waals surface area contributed by atoms with Crippen LogP contribution in [0.2, 0.25) is 0 Å². The molecule has 4 fully saturated rings. The minimum Gasteiger partial charge on any atom is -0.297 e. The summed E-state index contributed by atoms with van der Waals surface area (Å²) >= 11 is 0. The zero-order valence-corrected chi connectivity index (χ0v) is 15.2. The lowest BCUT2D eigenvalue weighted by molar-refractivity contribution is -0.140. The predicted molar refractivity (Wildman–Crippen MR) is 96.5 cm³/mol. The van der Waals surface area contributed by atoms with Crippen molar-refractivity contribution in [1.29, 1.82) is 0 Å². The molecule has 4 N–H and O–H groups in total. The smallest absolute Gasteiger partial charge is 0.0973 e. The van der Waals surface area contributed by atoms with Gasteiger partial charge >= 0.3 is 0 Å². The molecule has 0 aromatic rings. The maximum Gasteiger partial charge on any atom is 0.0973 e. The van der Waals surface area contributed by atoms with Crippen LogP contribution < -0.4 is 11.8 Å². The maximum atomic E-state index is 5.57. The van der Waals surface area contributed by atoms with Crippen molar-refractivity contribution in [2.45, 2.75) is 77.4 Å². The minimum absolute atomic E-state index is 0.0420. The number of hydrogen-bond donors (Lipinski definition) is 2. The van der Waals surface area contributed by atoms with E-state index in [9.17, 15) is 0 Å². The van der Waals surface area contributed by atoms with Gasteiger partial charge in [-0.3, -0.25) is 9.68 Å². The van der Waals surface area contributed by atoms with E-state index in [1.807, 2.05) is 13.8 Å². The van der Waals surface area contributed by atoms with Crippen LogP contribution in [-0.2, 0) is 9.68 Å². The molecule has 4 nitrogen and oxygen atoms in total. The standard InChI is InChI=1S/C20H34N2O2/c1-3-5-17(23-21)12-19-8-15-7-16(9-19)11-20(10-15,14-19)13-18(24-22)6-4-2/h3-6,15-18H,7-14,21-22H2,1-2H3. The summed E-state index contributed by atoms with van der Waals surface area (Å²) < 4.78 is 0. The van der Waals surface area contributed by atoms with Crippen LogP contribution in [0.15, 0.2) is 24.3 Å². The van der Waals surface area contributed by atoms with Crippen molar-refractivity contribution in [2.75, 3.05) is 0 Å². The maximum absolute atomic E-state index is 5.57. The minimum atomic E-state index is 0.0420. The molecular weight excluding hydrogens is 300 g/mol. The van der Waals surface area contributed by atoms with Crippen LogP contribution in [0.25, 0.3) is 0 Å². The number of rotatable bonds is 8. The van der Waals surface area contributed by atoms with Gasteiger partial charge in [-0.25, -0.2) is 11.8 Å². The Hall–Kier alpha value is -0.680. The SMILES string of the molecule is CC=CC(CC12CC3CC(C1)CC(CC(C=CC)ON)(C3)C2)ON. The van der Waals surface area contributed by atoms with Gasteiger partial charge in [0.25, 0.3) is 0 Å². The number of hydrogen-bond acceptors (Lipinski definition) is 4. The van der Waals surface area contributed by atoms with Gasteiger partial charge in [-0.2, -0.15) is 0 Å². The highest BCUT2D eigenvalue weighted by molar-refractivity contribution is 5.10. The van der Waals surface area contributed by atoms with E-state index < -0.39 is 0 Å². The molecule has 24 heavy (non-hydrogen) atoms. The average Bonchev–Trinajstić information content (AvgIpc) is 2.52. The van der Waals surface area contributed by atoms with Crippen molar-refractivity contribution in [3.8, 4) is 0 Å². The summed E-state index contributed by atoms with van der Waals surface area (Å²) in [5, 5.41) is 0. The Morgan fingerprint density at radius 3 is 1.62 bits per heavy atom. The van der Waals surface area contributed by atoms with E-state index in [1.165, 1.54) is 38.5 Å². The molecule has 4 rings (SSSR count). The van der Waals surface area contributed by atoms with Gasteiger partial charge in [0.05, 0.1) is 12.2 Å². The van der Waals surface area contributed by atoms with Crippen LogP contribution >= 0.6 is 0 Å². The first-order chi connectivity index (χ1) is 11.6. The average molecular weight is 335 g/mol. The summed E-state index contributed by atoms with van der Waals surface area (Å²) in [7, 11) is 0. The van der Waals surface area contributed by atoms with Crippen LogP contribution in [0.4, 0.5) is 0 Å². The van der Waals surface area contributed by atoms with E-state index in [0.29, 0.717) is 10.8 Å². The molecular formula is C20H34N2O2. The van der Waals surface area contributed by atoms with Crippen molar-refractivity contribution >= 4 is 0 Å². The molecule has 0 spiro atoms. The molecule has 0 heterocycles. The summed E-state index contributed by atoms with van der Waals surface area (Å²) in [5.74, 6) is 12.9. The summed E-state index contributed by atoms with van der Waals surface area (Å²) in [4.78, 5) is 10.5. The second kappa shape index (κ2) is 7.28. The second-order valence-corrected chi connectivity index (χ2v) is 8.77. The van der Waals surface area contributed by atoms with Crippen molar-refractivity contribution in [1.82, 2.24) is 0 Å². The summed E-state index contributed by atoms with van der Waals surface area (Å²) in [5.41, 5.74) is 0.783. The molecule has 2 unspecified atom stereocenters. The zero-order valence-electron chi connectivity index (χ0n) is 15.2. The van der Waals surface area contributed by atoms with Crippen molar-refractivity contribution in [2.24, 2.45) is 34.5 Å². The lowest BCUT2D eigenvalue weighted by Gasteiger charge is -2.63. The summed E-state index contributed by atoms with van der Waals surface area (Å²) in [6, 6.07) is 0. The first kappa shape index (κ1) is 18.1. The Morgan fingerprint density at radius 2 is 1.29 bits per heavy atom. The second-order valence-electron chi connectivity index (χ2n) is 8.77.